The number of fused-ring (bicyclic) bond motifs is 1. The first-order chi connectivity index (χ1) is 8.34. The summed E-state index contributed by atoms with van der Waals surface area (Å²) in [5, 5.41) is 0. The minimum absolute atomic E-state index is 0.649. The molecule has 0 bridgehead atoms. The lowest BCUT2D eigenvalue weighted by molar-refractivity contribution is 0.0752. The lowest BCUT2D eigenvalue weighted by atomic mass is 10.3. The third-order valence-electron chi connectivity index (χ3n) is 2.63. The Balaban J connectivity index is 1.89. The molecule has 3 rings (SSSR count). The normalized spacial score (nSPS) is 19.5. The summed E-state index contributed by atoms with van der Waals surface area (Å²) in [6.07, 6.45) is 0. The van der Waals surface area contributed by atoms with Gasteiger partial charge in [-0.05, 0) is 12.1 Å². The standard InChI is InChI=1S/C11H12N2O2S2/c14-17(13-5-7-15-8-6-13)11-12-9-3-1-2-4-10(9)16-11/h1-4H,5-8H2/t17-/m0/s1. The van der Waals surface area contributed by atoms with Gasteiger partial charge >= 0.3 is 0 Å². The van der Waals surface area contributed by atoms with E-state index >= 15 is 0 Å². The maximum Gasteiger partial charge on any atom is 0.197 e. The van der Waals surface area contributed by atoms with E-state index in [2.05, 4.69) is 4.98 Å². The molecule has 1 saturated heterocycles. The molecule has 90 valence electrons. The second kappa shape index (κ2) is 4.81. The maximum absolute atomic E-state index is 12.3. The van der Waals surface area contributed by atoms with Crippen LogP contribution in [0.1, 0.15) is 0 Å². The van der Waals surface area contributed by atoms with Crippen LogP contribution in [-0.2, 0) is 15.7 Å². The smallest absolute Gasteiger partial charge is 0.197 e. The zero-order valence-electron chi connectivity index (χ0n) is 9.17. The van der Waals surface area contributed by atoms with Crippen molar-refractivity contribution in [2.24, 2.45) is 0 Å². The predicted molar refractivity (Wildman–Crippen MR) is 68.4 cm³/mol. The van der Waals surface area contributed by atoms with Crippen molar-refractivity contribution >= 4 is 32.5 Å². The highest BCUT2D eigenvalue weighted by Gasteiger charge is 2.21. The fraction of sp³-hybridized carbons (Fsp3) is 0.364. The van der Waals surface area contributed by atoms with E-state index in [-0.39, 0.29) is 0 Å². The number of ether oxygens (including phenoxy) is 1. The number of thiazole rings is 1. The van der Waals surface area contributed by atoms with Crippen molar-refractivity contribution in [3.8, 4) is 0 Å². The quantitative estimate of drug-likeness (QED) is 0.831. The van der Waals surface area contributed by atoms with Gasteiger partial charge < -0.3 is 4.74 Å². The zero-order valence-corrected chi connectivity index (χ0v) is 10.8. The van der Waals surface area contributed by atoms with E-state index < -0.39 is 11.0 Å². The van der Waals surface area contributed by atoms with Gasteiger partial charge in [0, 0.05) is 13.1 Å². The largest absolute Gasteiger partial charge is 0.379 e. The van der Waals surface area contributed by atoms with Crippen LogP contribution in [0.15, 0.2) is 28.6 Å². The number of hydrogen-bond acceptors (Lipinski definition) is 4. The molecular formula is C11H12N2O2S2. The number of benzene rings is 1. The van der Waals surface area contributed by atoms with Gasteiger partial charge in [-0.1, -0.05) is 12.1 Å². The molecule has 1 aromatic carbocycles. The molecule has 0 amide bonds. The van der Waals surface area contributed by atoms with Gasteiger partial charge in [-0.25, -0.2) is 13.5 Å². The fourth-order valence-corrected chi connectivity index (χ4v) is 4.19. The SMILES string of the molecule is O=[S@@](c1nc2ccccc2s1)N1CCOCC1. The van der Waals surface area contributed by atoms with Crippen molar-refractivity contribution in [3.63, 3.8) is 0 Å². The van der Waals surface area contributed by atoms with Crippen LogP contribution in [0.4, 0.5) is 0 Å². The minimum atomic E-state index is -1.14. The highest BCUT2D eigenvalue weighted by Crippen LogP contribution is 2.25. The van der Waals surface area contributed by atoms with Crippen molar-refractivity contribution in [2.75, 3.05) is 26.3 Å². The zero-order chi connectivity index (χ0) is 11.7. The van der Waals surface area contributed by atoms with Gasteiger partial charge in [-0.2, -0.15) is 0 Å². The summed E-state index contributed by atoms with van der Waals surface area (Å²) in [4.78, 5) is 4.42. The first-order valence-electron chi connectivity index (χ1n) is 5.45. The van der Waals surface area contributed by atoms with E-state index in [1.165, 1.54) is 11.3 Å². The molecule has 4 nitrogen and oxygen atoms in total. The van der Waals surface area contributed by atoms with Gasteiger partial charge in [0.25, 0.3) is 0 Å². The molecule has 0 spiro atoms. The average Bonchev–Trinajstić information content (AvgIpc) is 2.82. The van der Waals surface area contributed by atoms with Gasteiger partial charge in [0.05, 0.1) is 23.4 Å². The maximum atomic E-state index is 12.3. The highest BCUT2D eigenvalue weighted by atomic mass is 32.2. The molecule has 0 saturated carbocycles. The molecule has 0 radical (unpaired) electrons. The van der Waals surface area contributed by atoms with E-state index in [0.717, 1.165) is 10.2 Å². The van der Waals surface area contributed by atoms with E-state index in [1.54, 1.807) is 0 Å². The molecule has 2 aromatic rings. The summed E-state index contributed by atoms with van der Waals surface area (Å²) in [5.74, 6) is 0. The van der Waals surface area contributed by atoms with Crippen LogP contribution in [0.2, 0.25) is 0 Å². The predicted octanol–water partition coefficient (Wildman–Crippen LogP) is 1.65. The van der Waals surface area contributed by atoms with Crippen LogP contribution in [0.5, 0.6) is 0 Å². The molecular weight excluding hydrogens is 256 g/mol. The number of hydrogen-bond donors (Lipinski definition) is 0. The summed E-state index contributed by atoms with van der Waals surface area (Å²) in [5.41, 5.74) is 0.925. The molecule has 0 unspecified atom stereocenters. The van der Waals surface area contributed by atoms with Crippen LogP contribution in [0.25, 0.3) is 10.2 Å². The third kappa shape index (κ3) is 2.26. The molecule has 0 N–H and O–H groups in total. The Labute approximate surface area is 106 Å². The Morgan fingerprint density at radius 3 is 2.82 bits per heavy atom. The first-order valence-corrected chi connectivity index (χ1v) is 7.37. The van der Waals surface area contributed by atoms with Gasteiger partial charge in [0.2, 0.25) is 0 Å². The van der Waals surface area contributed by atoms with Crippen LogP contribution < -0.4 is 0 Å². The molecule has 6 heteroatoms. The van der Waals surface area contributed by atoms with E-state index in [1.807, 2.05) is 28.6 Å². The average molecular weight is 268 g/mol. The number of aromatic nitrogens is 1. The summed E-state index contributed by atoms with van der Waals surface area (Å²) in [6.45, 7) is 2.72. The molecule has 2 heterocycles. The lowest BCUT2D eigenvalue weighted by Crippen LogP contribution is -2.37. The Morgan fingerprint density at radius 2 is 2.06 bits per heavy atom. The number of rotatable bonds is 2. The summed E-state index contributed by atoms with van der Waals surface area (Å²) < 4.78 is 21.2. The molecule has 1 atom stereocenters. The fourth-order valence-electron chi connectivity index (χ4n) is 1.75. The van der Waals surface area contributed by atoms with Crippen molar-refractivity contribution < 1.29 is 8.95 Å². The van der Waals surface area contributed by atoms with Crippen LogP contribution in [0.3, 0.4) is 0 Å². The Hall–Kier alpha value is -0.820. The van der Waals surface area contributed by atoms with E-state index in [0.29, 0.717) is 30.6 Å². The molecule has 1 aromatic heterocycles. The summed E-state index contributed by atoms with van der Waals surface area (Å²) >= 11 is 1.51. The van der Waals surface area contributed by atoms with Crippen molar-refractivity contribution in [1.82, 2.24) is 9.29 Å². The summed E-state index contributed by atoms with van der Waals surface area (Å²) in [6, 6.07) is 7.88. The molecule has 1 fully saturated rings. The Kier molecular flexibility index (Phi) is 3.19. The highest BCUT2D eigenvalue weighted by molar-refractivity contribution is 7.85. The van der Waals surface area contributed by atoms with Crippen molar-refractivity contribution in [1.29, 1.82) is 0 Å². The van der Waals surface area contributed by atoms with Crippen LogP contribution in [0, 0.1) is 0 Å². The second-order valence-electron chi connectivity index (χ2n) is 3.74. The van der Waals surface area contributed by atoms with E-state index in [9.17, 15) is 4.21 Å². The number of morpholine rings is 1. The summed E-state index contributed by atoms with van der Waals surface area (Å²) in [7, 11) is -1.14. The van der Waals surface area contributed by atoms with Gasteiger partial charge in [-0.15, -0.1) is 11.3 Å². The number of para-hydroxylation sites is 1. The first kappa shape index (κ1) is 11.3. The van der Waals surface area contributed by atoms with Crippen LogP contribution >= 0.6 is 11.3 Å². The molecule has 1 aliphatic heterocycles. The molecule has 1 aliphatic rings. The second-order valence-corrected chi connectivity index (χ2v) is 6.43. The third-order valence-corrected chi connectivity index (χ3v) is 5.36. The van der Waals surface area contributed by atoms with Gasteiger partial charge in [0.1, 0.15) is 0 Å². The molecule has 0 aliphatic carbocycles. The Morgan fingerprint density at radius 1 is 1.29 bits per heavy atom. The van der Waals surface area contributed by atoms with Gasteiger partial charge in [0.15, 0.2) is 15.3 Å². The van der Waals surface area contributed by atoms with Crippen molar-refractivity contribution in [3.05, 3.63) is 24.3 Å². The number of nitrogens with zero attached hydrogens (tertiary/aromatic N) is 2. The van der Waals surface area contributed by atoms with Gasteiger partial charge in [-0.3, -0.25) is 0 Å². The van der Waals surface area contributed by atoms with E-state index in [4.69, 9.17) is 4.74 Å². The topological polar surface area (TPSA) is 42.4 Å². The van der Waals surface area contributed by atoms with Crippen molar-refractivity contribution in [2.45, 2.75) is 4.34 Å². The lowest BCUT2D eigenvalue weighted by Gasteiger charge is -2.23. The van der Waals surface area contributed by atoms with Crippen LogP contribution in [-0.4, -0.2) is 39.8 Å². The molecule has 17 heavy (non-hydrogen) atoms. The minimum Gasteiger partial charge on any atom is -0.379 e. The monoisotopic (exact) mass is 268 g/mol. The Bertz CT molecular complexity index is 516.